The molecule has 0 aliphatic heterocycles. The molecule has 9 nitrogen and oxygen atoms in total. The number of aromatic nitrogens is 4. The van der Waals surface area contributed by atoms with Gasteiger partial charge < -0.3 is 16.0 Å². The number of anilines is 3. The van der Waals surface area contributed by atoms with Crippen molar-refractivity contribution in [1.29, 1.82) is 0 Å². The first-order valence-electron chi connectivity index (χ1n) is 12.7. The molecule has 200 valence electrons. The highest BCUT2D eigenvalue weighted by atomic mass is 32.1. The van der Waals surface area contributed by atoms with E-state index in [0.717, 1.165) is 54.8 Å². The predicted octanol–water partition coefficient (Wildman–Crippen LogP) is 4.72. The van der Waals surface area contributed by atoms with Crippen LogP contribution in [0.25, 0.3) is 0 Å². The summed E-state index contributed by atoms with van der Waals surface area (Å²) >= 11 is 1.47. The molecule has 3 N–H and O–H groups in total. The molecule has 6 rings (SSSR count). The van der Waals surface area contributed by atoms with Crippen molar-refractivity contribution in [1.82, 2.24) is 25.1 Å². The van der Waals surface area contributed by atoms with Crippen molar-refractivity contribution in [2.24, 2.45) is 11.8 Å². The summed E-state index contributed by atoms with van der Waals surface area (Å²) in [6.45, 7) is 0.629. The van der Waals surface area contributed by atoms with Gasteiger partial charge in [0.2, 0.25) is 11.9 Å². The smallest absolute Gasteiger partial charge is 0.352 e. The molecule has 3 heterocycles. The monoisotopic (exact) mass is 545 g/mol. The van der Waals surface area contributed by atoms with E-state index in [9.17, 15) is 22.8 Å². The highest BCUT2D eigenvalue weighted by molar-refractivity contribution is 7.17. The van der Waals surface area contributed by atoms with Crippen molar-refractivity contribution in [3.8, 4) is 0 Å². The van der Waals surface area contributed by atoms with Crippen LogP contribution in [0.2, 0.25) is 0 Å². The molecule has 0 spiro atoms. The topological polar surface area (TPSA) is 114 Å². The molecule has 38 heavy (non-hydrogen) atoms. The number of thiophene rings is 1. The Morgan fingerprint density at radius 1 is 1.13 bits per heavy atom. The van der Waals surface area contributed by atoms with Crippen LogP contribution >= 0.6 is 11.3 Å². The maximum atomic E-state index is 13.3. The summed E-state index contributed by atoms with van der Waals surface area (Å²) in [4.78, 5) is 30.4. The number of pyridine rings is 1. The first-order valence-corrected chi connectivity index (χ1v) is 13.5. The van der Waals surface area contributed by atoms with Gasteiger partial charge >= 0.3 is 6.18 Å². The lowest BCUT2D eigenvalue weighted by molar-refractivity contribution is -0.141. The molecule has 3 aliphatic carbocycles. The van der Waals surface area contributed by atoms with Gasteiger partial charge in [-0.1, -0.05) is 0 Å². The van der Waals surface area contributed by atoms with Gasteiger partial charge in [-0.25, -0.2) is 4.98 Å². The highest BCUT2D eigenvalue weighted by Crippen LogP contribution is 2.43. The number of hydrogen-bond acceptors (Lipinski definition) is 7. The summed E-state index contributed by atoms with van der Waals surface area (Å²) in [5, 5.41) is 17.8. The number of hydrogen-bond donors (Lipinski definition) is 3. The summed E-state index contributed by atoms with van der Waals surface area (Å²) in [5.41, 5.74) is 0.837. The highest BCUT2D eigenvalue weighted by Gasteiger charge is 2.35. The normalized spacial score (nSPS) is 19.1. The van der Waals surface area contributed by atoms with E-state index in [0.29, 0.717) is 47.5 Å². The average molecular weight is 546 g/mol. The zero-order chi connectivity index (χ0) is 26.4. The summed E-state index contributed by atoms with van der Waals surface area (Å²) < 4.78 is 40.4. The number of nitrogens with one attached hydrogen (secondary N) is 3. The Morgan fingerprint density at radius 3 is 2.63 bits per heavy atom. The third kappa shape index (κ3) is 5.24. The van der Waals surface area contributed by atoms with E-state index >= 15 is 0 Å². The summed E-state index contributed by atoms with van der Waals surface area (Å²) in [6.07, 6.45) is 4.16. The number of fused-ring (bicyclic) bond motifs is 1. The standard InChI is InChI=1S/C25H26F3N7O2S/c26-25(27,28)19-8-5-15(11-29-19)32-24-34-31-12-35(24)16-6-7-18-17(9-16)20(22(37)30-10-13-1-2-13)23(38-18)33-21(36)14-3-4-14/h5,8,11-14,16H,1-4,6-7,9-10H2,(H,30,37)(H,32,34)(H,33,36)/t16-/m0/s1. The van der Waals surface area contributed by atoms with Gasteiger partial charge in [0.05, 0.1) is 17.4 Å². The summed E-state index contributed by atoms with van der Waals surface area (Å²) in [7, 11) is 0. The second-order valence-electron chi connectivity index (χ2n) is 10.1. The maximum Gasteiger partial charge on any atom is 0.433 e. The van der Waals surface area contributed by atoms with Crippen LogP contribution in [0.1, 0.15) is 64.6 Å². The van der Waals surface area contributed by atoms with Gasteiger partial charge in [-0.15, -0.1) is 21.5 Å². The van der Waals surface area contributed by atoms with Crippen molar-refractivity contribution in [2.45, 2.75) is 57.2 Å². The number of aryl methyl sites for hydroxylation is 1. The molecule has 3 aliphatic rings. The van der Waals surface area contributed by atoms with Crippen molar-refractivity contribution >= 4 is 39.8 Å². The summed E-state index contributed by atoms with van der Waals surface area (Å²) in [5.74, 6) is 0.716. The molecule has 0 aromatic carbocycles. The minimum Gasteiger partial charge on any atom is -0.352 e. The molecule has 0 unspecified atom stereocenters. The SMILES string of the molecule is O=C(NCC1CC1)c1c(NC(=O)C2CC2)sc2c1C[C@@H](n1cnnc1Nc1ccc(C(F)(F)F)nc1)CC2. The van der Waals surface area contributed by atoms with Crippen LogP contribution in [-0.2, 0) is 23.8 Å². The fraction of sp³-hybridized carbons (Fsp3) is 0.480. The second kappa shape index (κ2) is 9.68. The first-order chi connectivity index (χ1) is 18.3. The second-order valence-corrected chi connectivity index (χ2v) is 11.2. The average Bonchev–Trinajstić information content (AvgIpc) is 3.81. The molecule has 2 saturated carbocycles. The number of halogens is 3. The molecule has 0 radical (unpaired) electrons. The zero-order valence-corrected chi connectivity index (χ0v) is 21.2. The quantitative estimate of drug-likeness (QED) is 0.378. The van der Waals surface area contributed by atoms with Gasteiger partial charge in [0, 0.05) is 23.4 Å². The molecular formula is C25H26F3N7O2S. The Morgan fingerprint density at radius 2 is 1.95 bits per heavy atom. The van der Waals surface area contributed by atoms with Crippen LogP contribution < -0.4 is 16.0 Å². The lowest BCUT2D eigenvalue weighted by Gasteiger charge is -2.25. The van der Waals surface area contributed by atoms with Gasteiger partial charge in [0.1, 0.15) is 17.0 Å². The molecule has 3 aromatic rings. The molecule has 2 amide bonds. The number of carbonyl (C=O) groups excluding carboxylic acids is 2. The third-order valence-corrected chi connectivity index (χ3v) is 8.38. The molecule has 1 atom stereocenters. The van der Waals surface area contributed by atoms with Crippen LogP contribution in [0.3, 0.4) is 0 Å². The Kier molecular flexibility index (Phi) is 6.33. The van der Waals surface area contributed by atoms with Gasteiger partial charge in [-0.05, 0) is 68.6 Å². The number of carbonyl (C=O) groups is 2. The molecule has 0 bridgehead atoms. The van der Waals surface area contributed by atoms with Crippen LogP contribution in [0.4, 0.5) is 29.8 Å². The molecule has 13 heteroatoms. The minimum absolute atomic E-state index is 0.0228. The fourth-order valence-electron chi connectivity index (χ4n) is 4.70. The van der Waals surface area contributed by atoms with Gasteiger partial charge in [0.15, 0.2) is 0 Å². The van der Waals surface area contributed by atoms with Crippen LogP contribution in [0, 0.1) is 11.8 Å². The van der Waals surface area contributed by atoms with Gasteiger partial charge in [-0.3, -0.25) is 14.2 Å². The van der Waals surface area contributed by atoms with E-state index in [-0.39, 0.29) is 23.8 Å². The van der Waals surface area contributed by atoms with E-state index in [1.54, 1.807) is 6.33 Å². The Bertz CT molecular complexity index is 1360. The van der Waals surface area contributed by atoms with Gasteiger partial charge in [0.25, 0.3) is 5.91 Å². The maximum absolute atomic E-state index is 13.3. The van der Waals surface area contributed by atoms with Crippen molar-refractivity contribution < 1.29 is 22.8 Å². The number of rotatable bonds is 8. The van der Waals surface area contributed by atoms with Crippen molar-refractivity contribution in [2.75, 3.05) is 17.2 Å². The van der Waals surface area contributed by atoms with Crippen LogP contribution in [0.15, 0.2) is 24.7 Å². The Labute approximate surface area is 220 Å². The Hall–Kier alpha value is -3.48. The molecule has 3 aromatic heterocycles. The Balaban J connectivity index is 1.23. The van der Waals surface area contributed by atoms with Crippen LogP contribution in [-0.4, -0.2) is 38.1 Å². The van der Waals surface area contributed by atoms with Gasteiger partial charge in [-0.2, -0.15) is 13.2 Å². The number of nitrogens with zero attached hydrogens (tertiary/aromatic N) is 4. The van der Waals surface area contributed by atoms with E-state index in [1.807, 2.05) is 4.57 Å². The van der Waals surface area contributed by atoms with Crippen LogP contribution in [0.5, 0.6) is 0 Å². The van der Waals surface area contributed by atoms with E-state index in [2.05, 4.69) is 31.1 Å². The predicted molar refractivity (Wildman–Crippen MR) is 134 cm³/mol. The fourth-order valence-corrected chi connectivity index (χ4v) is 5.95. The van der Waals surface area contributed by atoms with Crippen molar-refractivity contribution in [3.05, 3.63) is 46.4 Å². The molecule has 2 fully saturated rings. The van der Waals surface area contributed by atoms with Crippen molar-refractivity contribution in [3.63, 3.8) is 0 Å². The number of amides is 2. The van der Waals surface area contributed by atoms with E-state index < -0.39 is 11.9 Å². The van der Waals surface area contributed by atoms with E-state index in [4.69, 9.17) is 0 Å². The molecule has 0 saturated heterocycles. The molecular weight excluding hydrogens is 519 g/mol. The summed E-state index contributed by atoms with van der Waals surface area (Å²) in [6, 6.07) is 2.12. The lowest BCUT2D eigenvalue weighted by atomic mass is 9.91. The number of alkyl halides is 3. The largest absolute Gasteiger partial charge is 0.433 e. The lowest BCUT2D eigenvalue weighted by Crippen LogP contribution is -2.28. The third-order valence-electron chi connectivity index (χ3n) is 7.17. The zero-order valence-electron chi connectivity index (χ0n) is 20.3. The minimum atomic E-state index is -4.52. The van der Waals surface area contributed by atoms with E-state index in [1.165, 1.54) is 17.4 Å². The first kappa shape index (κ1) is 24.8.